The molecule has 0 fully saturated rings. The maximum atomic E-state index is 10.1. The fraction of sp³-hybridized carbons (Fsp3) is 0.538. The topological polar surface area (TPSA) is 47.9 Å². The Balaban J connectivity index is 2.89. The highest BCUT2D eigenvalue weighted by molar-refractivity contribution is 6.33. The summed E-state index contributed by atoms with van der Waals surface area (Å²) in [4.78, 5) is 0. The van der Waals surface area contributed by atoms with Gasteiger partial charge in [-0.15, -0.1) is 0 Å². The third-order valence-corrected chi connectivity index (χ3v) is 3.09. The summed E-state index contributed by atoms with van der Waals surface area (Å²) in [6, 6.07) is 3.49. The maximum Gasteiger partial charge on any atom is 0.179 e. The first kappa shape index (κ1) is 15.1. The molecule has 0 aliphatic carbocycles. The minimum absolute atomic E-state index is 0.391. The van der Waals surface area contributed by atoms with Crippen molar-refractivity contribution in [1.29, 1.82) is 0 Å². The van der Waals surface area contributed by atoms with Crippen LogP contribution in [0.3, 0.4) is 0 Å². The van der Waals surface area contributed by atoms with E-state index in [4.69, 9.17) is 25.8 Å². The van der Waals surface area contributed by atoms with E-state index in [1.807, 2.05) is 0 Å². The summed E-state index contributed by atoms with van der Waals surface area (Å²) < 4.78 is 15.3. The Morgan fingerprint density at radius 3 is 2.50 bits per heavy atom. The highest BCUT2D eigenvalue weighted by Crippen LogP contribution is 2.40. The van der Waals surface area contributed by atoms with Crippen molar-refractivity contribution < 1.29 is 19.3 Å². The molecule has 0 aromatic heterocycles. The summed E-state index contributed by atoms with van der Waals surface area (Å²) in [5.41, 5.74) is 0.644. The van der Waals surface area contributed by atoms with Gasteiger partial charge in [-0.1, -0.05) is 17.7 Å². The smallest absolute Gasteiger partial charge is 0.179 e. The molecule has 1 N–H and O–H groups in total. The number of aliphatic hydroxyl groups is 1. The number of methoxy groups -OCH3 is 3. The molecule has 0 bridgehead atoms. The molecule has 0 aliphatic rings. The summed E-state index contributed by atoms with van der Waals surface area (Å²) in [7, 11) is 4.70. The van der Waals surface area contributed by atoms with E-state index in [9.17, 15) is 5.11 Å². The molecule has 4 nitrogen and oxygen atoms in total. The van der Waals surface area contributed by atoms with Gasteiger partial charge in [0.15, 0.2) is 11.5 Å². The first-order chi connectivity index (χ1) is 8.65. The molecule has 18 heavy (non-hydrogen) atoms. The summed E-state index contributed by atoms with van der Waals surface area (Å²) in [5, 5.41) is 10.5. The van der Waals surface area contributed by atoms with Crippen LogP contribution in [0.4, 0.5) is 0 Å². The highest BCUT2D eigenvalue weighted by atomic mass is 35.5. The number of hydrogen-bond acceptors (Lipinski definition) is 4. The number of rotatable bonds is 7. The van der Waals surface area contributed by atoms with Gasteiger partial charge in [0.05, 0.1) is 25.3 Å². The van der Waals surface area contributed by atoms with Gasteiger partial charge >= 0.3 is 0 Å². The Morgan fingerprint density at radius 1 is 1.22 bits per heavy atom. The van der Waals surface area contributed by atoms with Crippen LogP contribution in [0.15, 0.2) is 12.1 Å². The van der Waals surface area contributed by atoms with Crippen molar-refractivity contribution in [3.05, 3.63) is 22.7 Å². The quantitative estimate of drug-likeness (QED) is 0.777. The van der Waals surface area contributed by atoms with E-state index < -0.39 is 6.10 Å². The molecule has 0 spiro atoms. The number of aliphatic hydroxyl groups excluding tert-OH is 1. The van der Waals surface area contributed by atoms with E-state index in [2.05, 4.69) is 0 Å². The van der Waals surface area contributed by atoms with Crippen LogP contribution in [0.1, 0.15) is 24.5 Å². The van der Waals surface area contributed by atoms with E-state index in [-0.39, 0.29) is 0 Å². The van der Waals surface area contributed by atoms with E-state index in [1.54, 1.807) is 26.4 Å². The Bertz CT molecular complexity index is 381. The van der Waals surface area contributed by atoms with Gasteiger partial charge in [-0.05, 0) is 18.9 Å². The summed E-state index contributed by atoms with van der Waals surface area (Å²) in [6.07, 6.45) is 0.721. The lowest BCUT2D eigenvalue weighted by Crippen LogP contribution is -2.02. The molecule has 0 amide bonds. The summed E-state index contributed by atoms with van der Waals surface area (Å²) in [6.45, 7) is 0.613. The minimum Gasteiger partial charge on any atom is -0.493 e. The maximum absolute atomic E-state index is 10.1. The zero-order valence-electron chi connectivity index (χ0n) is 10.9. The van der Waals surface area contributed by atoms with Crippen molar-refractivity contribution in [1.82, 2.24) is 0 Å². The van der Waals surface area contributed by atoms with Crippen LogP contribution in [0.2, 0.25) is 5.02 Å². The van der Waals surface area contributed by atoms with Gasteiger partial charge in [-0.25, -0.2) is 0 Å². The number of benzene rings is 1. The fourth-order valence-corrected chi connectivity index (χ4v) is 2.10. The van der Waals surface area contributed by atoms with Crippen molar-refractivity contribution in [3.63, 3.8) is 0 Å². The van der Waals surface area contributed by atoms with E-state index >= 15 is 0 Å². The van der Waals surface area contributed by atoms with Crippen LogP contribution < -0.4 is 9.47 Å². The lowest BCUT2D eigenvalue weighted by Gasteiger charge is -2.16. The van der Waals surface area contributed by atoms with Crippen molar-refractivity contribution in [2.24, 2.45) is 0 Å². The monoisotopic (exact) mass is 274 g/mol. The number of halogens is 1. The Hall–Kier alpha value is -0.970. The van der Waals surface area contributed by atoms with Crippen LogP contribution in [-0.4, -0.2) is 33.0 Å². The molecule has 0 radical (unpaired) electrons. The molecule has 1 aromatic carbocycles. The SMILES string of the molecule is COCCCC(O)c1ccc(OC)c(OC)c1Cl. The molecule has 1 aromatic rings. The average Bonchev–Trinajstić information content (AvgIpc) is 2.38. The average molecular weight is 275 g/mol. The molecule has 1 atom stereocenters. The van der Waals surface area contributed by atoms with Gasteiger partial charge in [0, 0.05) is 19.3 Å². The van der Waals surface area contributed by atoms with E-state index in [0.717, 1.165) is 6.42 Å². The van der Waals surface area contributed by atoms with Crippen molar-refractivity contribution in [2.75, 3.05) is 27.9 Å². The molecular formula is C13H19ClO4. The first-order valence-corrected chi connectivity index (χ1v) is 6.10. The fourth-order valence-electron chi connectivity index (χ4n) is 1.74. The minimum atomic E-state index is -0.632. The second kappa shape index (κ2) is 7.46. The third kappa shape index (κ3) is 3.51. The normalized spacial score (nSPS) is 12.3. The molecule has 5 heteroatoms. The lowest BCUT2D eigenvalue weighted by atomic mass is 10.0. The van der Waals surface area contributed by atoms with Crippen LogP contribution in [-0.2, 0) is 4.74 Å². The molecule has 0 heterocycles. The first-order valence-electron chi connectivity index (χ1n) is 5.73. The van der Waals surface area contributed by atoms with Gasteiger partial charge in [-0.3, -0.25) is 0 Å². The predicted octanol–water partition coefficient (Wildman–Crippen LogP) is 2.82. The van der Waals surface area contributed by atoms with Gasteiger partial charge < -0.3 is 19.3 Å². The van der Waals surface area contributed by atoms with Crippen LogP contribution in [0.5, 0.6) is 11.5 Å². The zero-order chi connectivity index (χ0) is 13.5. The molecule has 1 unspecified atom stereocenters. The third-order valence-electron chi connectivity index (χ3n) is 2.70. The van der Waals surface area contributed by atoms with Gasteiger partial charge in [-0.2, -0.15) is 0 Å². The second-order valence-corrected chi connectivity index (χ2v) is 4.23. The molecule has 102 valence electrons. The van der Waals surface area contributed by atoms with Crippen LogP contribution in [0.25, 0.3) is 0 Å². The zero-order valence-corrected chi connectivity index (χ0v) is 11.7. The van der Waals surface area contributed by atoms with Gasteiger partial charge in [0.25, 0.3) is 0 Å². The molecule has 0 aliphatic heterocycles. The van der Waals surface area contributed by atoms with Crippen molar-refractivity contribution in [3.8, 4) is 11.5 Å². The largest absolute Gasteiger partial charge is 0.493 e. The Labute approximate surface area is 112 Å². The molecule has 0 saturated carbocycles. The second-order valence-electron chi connectivity index (χ2n) is 3.86. The molecular weight excluding hydrogens is 256 g/mol. The van der Waals surface area contributed by atoms with Crippen molar-refractivity contribution in [2.45, 2.75) is 18.9 Å². The highest BCUT2D eigenvalue weighted by Gasteiger charge is 2.18. The molecule has 0 saturated heterocycles. The molecule has 1 rings (SSSR count). The Morgan fingerprint density at radius 2 is 1.94 bits per heavy atom. The number of hydrogen-bond donors (Lipinski definition) is 1. The van der Waals surface area contributed by atoms with Crippen molar-refractivity contribution >= 4 is 11.6 Å². The Kier molecular flexibility index (Phi) is 6.25. The number of ether oxygens (including phenoxy) is 3. The summed E-state index contributed by atoms with van der Waals surface area (Å²) >= 11 is 6.20. The lowest BCUT2D eigenvalue weighted by molar-refractivity contribution is 0.136. The van der Waals surface area contributed by atoms with E-state index in [0.29, 0.717) is 35.1 Å². The van der Waals surface area contributed by atoms with Gasteiger partial charge in [0.2, 0.25) is 0 Å². The van der Waals surface area contributed by atoms with Gasteiger partial charge in [0.1, 0.15) is 0 Å². The standard InChI is InChI=1S/C13H19ClO4/c1-16-8-4-5-10(15)9-6-7-11(17-2)13(18-3)12(9)14/h6-7,10,15H,4-5,8H2,1-3H3. The van der Waals surface area contributed by atoms with E-state index in [1.165, 1.54) is 7.11 Å². The summed E-state index contributed by atoms with van der Waals surface area (Å²) in [5.74, 6) is 0.998. The van der Waals surface area contributed by atoms with Crippen LogP contribution >= 0.6 is 11.6 Å². The van der Waals surface area contributed by atoms with Crippen LogP contribution in [0, 0.1) is 0 Å². The predicted molar refractivity (Wildman–Crippen MR) is 70.6 cm³/mol.